The van der Waals surface area contributed by atoms with Crippen molar-refractivity contribution in [3.63, 3.8) is 0 Å². The van der Waals surface area contributed by atoms with E-state index in [9.17, 15) is 24.1 Å². The van der Waals surface area contributed by atoms with Crippen molar-refractivity contribution >= 4 is 23.2 Å². The van der Waals surface area contributed by atoms with Crippen molar-refractivity contribution in [2.75, 3.05) is 25.5 Å². The van der Waals surface area contributed by atoms with Crippen LogP contribution in [0, 0.1) is 22.9 Å². The highest BCUT2D eigenvalue weighted by Gasteiger charge is 2.29. The minimum absolute atomic E-state index is 0.0410. The van der Waals surface area contributed by atoms with Crippen LogP contribution in [-0.2, 0) is 11.2 Å². The predicted molar refractivity (Wildman–Crippen MR) is 140 cm³/mol. The third-order valence-corrected chi connectivity index (χ3v) is 6.91. The summed E-state index contributed by atoms with van der Waals surface area (Å²) in [6.45, 7) is 2.24. The summed E-state index contributed by atoms with van der Waals surface area (Å²) < 4.78 is 19.7. The van der Waals surface area contributed by atoms with Crippen LogP contribution in [0.3, 0.4) is 0 Å². The zero-order valence-corrected chi connectivity index (χ0v) is 21.3. The Balaban J connectivity index is 1.31. The number of pyridine rings is 1. The number of nitrogens with one attached hydrogen (secondary N) is 1. The van der Waals surface area contributed by atoms with Crippen molar-refractivity contribution in [1.29, 1.82) is 0 Å². The number of nitrogens with zero attached hydrogens (tertiary/aromatic N) is 3. The third-order valence-electron chi connectivity index (χ3n) is 6.91. The molecule has 0 atom stereocenters. The average molecular weight is 521 g/mol. The topological polar surface area (TPSA) is 115 Å². The van der Waals surface area contributed by atoms with Gasteiger partial charge in [-0.15, -0.1) is 0 Å². The lowest BCUT2D eigenvalue weighted by atomic mass is 9.89. The number of methoxy groups -OCH3 is 1. The number of nitro benzene ring substituents is 1. The van der Waals surface area contributed by atoms with Gasteiger partial charge < -0.3 is 15.0 Å². The zero-order valence-electron chi connectivity index (χ0n) is 21.3. The number of hydrogen-bond acceptors (Lipinski definition) is 6. The van der Waals surface area contributed by atoms with Crippen molar-refractivity contribution in [2.45, 2.75) is 38.5 Å². The monoisotopic (exact) mass is 520 g/mol. The van der Waals surface area contributed by atoms with Gasteiger partial charge in [-0.2, -0.15) is 0 Å². The molecule has 9 nitrogen and oxygen atoms in total. The Morgan fingerprint density at radius 2 is 1.87 bits per heavy atom. The molecule has 0 bridgehead atoms. The van der Waals surface area contributed by atoms with E-state index in [-0.39, 0.29) is 28.6 Å². The molecule has 1 fully saturated rings. The summed E-state index contributed by atoms with van der Waals surface area (Å²) >= 11 is 0. The summed E-state index contributed by atoms with van der Waals surface area (Å²) in [5.41, 5.74) is 2.19. The molecule has 2 heterocycles. The van der Waals surface area contributed by atoms with Gasteiger partial charge in [-0.05, 0) is 61.9 Å². The largest absolute Gasteiger partial charge is 0.481 e. The standard InChI is InChI=1S/C28H29FN4O5/c1-18-24(33(36)37)11-10-23(29)26(18)28(35)32-16-13-20(14-17-32)19-5-8-22(9-6-19)31-25(34)12-7-21-4-3-15-30-27(21)38-2/h3-6,8-11,15,20H,7,12-14,16-17H2,1-2H3,(H,31,34). The minimum Gasteiger partial charge on any atom is -0.481 e. The lowest BCUT2D eigenvalue weighted by molar-refractivity contribution is -0.385. The molecule has 38 heavy (non-hydrogen) atoms. The first-order valence-electron chi connectivity index (χ1n) is 12.4. The van der Waals surface area contributed by atoms with Crippen LogP contribution in [0.1, 0.15) is 52.2 Å². The number of piperidine rings is 1. The van der Waals surface area contributed by atoms with E-state index < -0.39 is 16.6 Å². The Morgan fingerprint density at radius 3 is 2.53 bits per heavy atom. The van der Waals surface area contributed by atoms with Crippen LogP contribution in [0.25, 0.3) is 0 Å². The molecule has 198 valence electrons. The second-order valence-electron chi connectivity index (χ2n) is 9.23. The quantitative estimate of drug-likeness (QED) is 0.329. The maximum Gasteiger partial charge on any atom is 0.273 e. The Kier molecular flexibility index (Phi) is 8.30. The minimum atomic E-state index is -0.752. The maximum absolute atomic E-state index is 14.4. The number of ether oxygens (including phenoxy) is 1. The highest BCUT2D eigenvalue weighted by atomic mass is 19.1. The summed E-state index contributed by atoms with van der Waals surface area (Å²) in [6, 6.07) is 13.4. The normalized spacial score (nSPS) is 13.7. The molecule has 0 unspecified atom stereocenters. The first-order valence-corrected chi connectivity index (χ1v) is 12.4. The van der Waals surface area contributed by atoms with Crippen LogP contribution < -0.4 is 10.1 Å². The van der Waals surface area contributed by atoms with E-state index in [0.29, 0.717) is 50.3 Å². The number of hydrogen-bond donors (Lipinski definition) is 1. The van der Waals surface area contributed by atoms with Gasteiger partial charge in [-0.1, -0.05) is 18.2 Å². The molecule has 2 aromatic carbocycles. The number of rotatable bonds is 8. The molecule has 1 aliphatic heterocycles. The lowest BCUT2D eigenvalue weighted by Gasteiger charge is -2.32. The van der Waals surface area contributed by atoms with Gasteiger partial charge in [0.2, 0.25) is 11.8 Å². The summed E-state index contributed by atoms with van der Waals surface area (Å²) in [5.74, 6) is -0.665. The van der Waals surface area contributed by atoms with Crippen LogP contribution in [0.5, 0.6) is 5.88 Å². The molecule has 3 aromatic rings. The fourth-order valence-electron chi connectivity index (χ4n) is 4.81. The van der Waals surface area contributed by atoms with Crippen LogP contribution in [0.2, 0.25) is 0 Å². The Labute approximate surface area is 219 Å². The van der Waals surface area contributed by atoms with E-state index in [4.69, 9.17) is 4.74 Å². The summed E-state index contributed by atoms with van der Waals surface area (Å²) in [7, 11) is 1.55. The molecule has 1 aliphatic rings. The van der Waals surface area contributed by atoms with E-state index in [1.807, 2.05) is 36.4 Å². The summed E-state index contributed by atoms with van der Waals surface area (Å²) in [5, 5.41) is 14.1. The third kappa shape index (κ3) is 5.96. The number of carbonyl (C=O) groups is 2. The van der Waals surface area contributed by atoms with Crippen molar-refractivity contribution in [2.24, 2.45) is 0 Å². The van der Waals surface area contributed by atoms with Crippen molar-refractivity contribution in [3.8, 4) is 5.88 Å². The molecular formula is C28H29FN4O5. The number of halogens is 1. The number of nitro groups is 1. The van der Waals surface area contributed by atoms with Crippen LogP contribution in [0.15, 0.2) is 54.7 Å². The fourth-order valence-corrected chi connectivity index (χ4v) is 4.81. The molecule has 10 heteroatoms. The highest BCUT2D eigenvalue weighted by Crippen LogP contribution is 2.31. The fraction of sp³-hybridized carbons (Fsp3) is 0.321. The van der Waals surface area contributed by atoms with Gasteiger partial charge in [0.15, 0.2) is 0 Å². The Morgan fingerprint density at radius 1 is 1.16 bits per heavy atom. The molecule has 4 rings (SSSR count). The Hall–Kier alpha value is -4.34. The van der Waals surface area contributed by atoms with Gasteiger partial charge in [0.25, 0.3) is 11.6 Å². The van der Waals surface area contributed by atoms with Crippen LogP contribution in [0.4, 0.5) is 15.8 Å². The van der Waals surface area contributed by atoms with Crippen LogP contribution in [-0.4, -0.2) is 46.8 Å². The van der Waals surface area contributed by atoms with Gasteiger partial charge in [0.05, 0.1) is 17.6 Å². The number of carbonyl (C=O) groups excluding carboxylic acids is 2. The van der Waals surface area contributed by atoms with E-state index in [2.05, 4.69) is 10.3 Å². The average Bonchev–Trinajstić information content (AvgIpc) is 2.92. The summed E-state index contributed by atoms with van der Waals surface area (Å²) in [4.78, 5) is 41.7. The number of aromatic nitrogens is 1. The molecule has 1 aromatic heterocycles. The van der Waals surface area contributed by atoms with E-state index in [1.54, 1.807) is 18.2 Å². The summed E-state index contributed by atoms with van der Waals surface area (Å²) in [6.07, 6.45) is 3.81. The Bertz CT molecular complexity index is 1340. The van der Waals surface area contributed by atoms with Crippen molar-refractivity contribution in [3.05, 3.63) is 92.9 Å². The number of benzene rings is 2. The van der Waals surface area contributed by atoms with Gasteiger partial charge >= 0.3 is 0 Å². The van der Waals surface area contributed by atoms with Gasteiger partial charge in [0.1, 0.15) is 5.82 Å². The van der Waals surface area contributed by atoms with Gasteiger partial charge in [-0.25, -0.2) is 9.37 Å². The molecule has 2 amide bonds. The predicted octanol–water partition coefficient (Wildman–Crippen LogP) is 5.04. The molecule has 0 radical (unpaired) electrons. The molecule has 0 saturated carbocycles. The second kappa shape index (κ2) is 11.8. The van der Waals surface area contributed by atoms with Crippen molar-refractivity contribution in [1.82, 2.24) is 9.88 Å². The highest BCUT2D eigenvalue weighted by molar-refractivity contribution is 5.97. The smallest absolute Gasteiger partial charge is 0.273 e. The molecule has 0 aliphatic carbocycles. The second-order valence-corrected chi connectivity index (χ2v) is 9.23. The lowest BCUT2D eigenvalue weighted by Crippen LogP contribution is -2.38. The van der Waals surface area contributed by atoms with Crippen LogP contribution >= 0.6 is 0 Å². The van der Waals surface area contributed by atoms with E-state index >= 15 is 0 Å². The first-order chi connectivity index (χ1) is 18.3. The number of amides is 2. The molecule has 0 spiro atoms. The van der Waals surface area contributed by atoms with Gasteiger partial charge in [0, 0.05) is 48.6 Å². The van der Waals surface area contributed by atoms with Crippen molar-refractivity contribution < 1.29 is 23.6 Å². The number of aryl methyl sites for hydroxylation is 1. The SMILES string of the molecule is COc1ncccc1CCC(=O)Nc1ccc(C2CCN(C(=O)c3c(F)ccc([N+](=O)[O-])c3C)CC2)cc1. The van der Waals surface area contributed by atoms with E-state index in [1.165, 1.54) is 6.92 Å². The first kappa shape index (κ1) is 26.7. The maximum atomic E-state index is 14.4. The number of likely N-dealkylation sites (tertiary alicyclic amines) is 1. The zero-order chi connectivity index (χ0) is 27.2. The number of anilines is 1. The molecule has 1 N–H and O–H groups in total. The van der Waals surface area contributed by atoms with E-state index in [0.717, 1.165) is 23.3 Å². The molecular weight excluding hydrogens is 491 g/mol. The molecule has 1 saturated heterocycles. The van der Waals surface area contributed by atoms with Gasteiger partial charge in [-0.3, -0.25) is 19.7 Å².